The molecule has 1 aromatic rings. The standard InChI is InChI=1S/C15H19ClN2O2S/c1-20-12-6-5-10(9-11(12)16)18-14(19)15(13(17)21)7-3-2-4-8-15/h5-6,9H,2-4,7-8H2,1H3,(H2,17,21)(H,18,19). The van der Waals surface area contributed by atoms with E-state index >= 15 is 0 Å². The molecule has 1 aromatic carbocycles. The quantitative estimate of drug-likeness (QED) is 0.831. The summed E-state index contributed by atoms with van der Waals surface area (Å²) in [7, 11) is 1.54. The van der Waals surface area contributed by atoms with E-state index in [9.17, 15) is 4.79 Å². The lowest BCUT2D eigenvalue weighted by Gasteiger charge is -2.34. The van der Waals surface area contributed by atoms with Gasteiger partial charge in [-0.05, 0) is 31.0 Å². The van der Waals surface area contributed by atoms with Gasteiger partial charge in [-0.1, -0.05) is 43.1 Å². The normalized spacial score (nSPS) is 17.0. The van der Waals surface area contributed by atoms with Crippen LogP contribution < -0.4 is 15.8 Å². The van der Waals surface area contributed by atoms with Crippen molar-refractivity contribution in [2.24, 2.45) is 11.1 Å². The van der Waals surface area contributed by atoms with Gasteiger partial charge in [-0.2, -0.15) is 0 Å². The van der Waals surface area contributed by atoms with E-state index in [1.807, 2.05) is 0 Å². The first kappa shape index (κ1) is 16.0. The summed E-state index contributed by atoms with van der Waals surface area (Å²) in [4.78, 5) is 12.9. The van der Waals surface area contributed by atoms with Gasteiger partial charge >= 0.3 is 0 Å². The van der Waals surface area contributed by atoms with E-state index in [-0.39, 0.29) is 10.9 Å². The number of methoxy groups -OCH3 is 1. The van der Waals surface area contributed by atoms with Crippen LogP contribution in [0, 0.1) is 5.41 Å². The summed E-state index contributed by atoms with van der Waals surface area (Å²) in [5, 5.41) is 3.33. The molecule has 114 valence electrons. The van der Waals surface area contributed by atoms with Crippen LogP contribution in [0.1, 0.15) is 32.1 Å². The fraction of sp³-hybridized carbons (Fsp3) is 0.467. The van der Waals surface area contributed by atoms with Gasteiger partial charge in [0.1, 0.15) is 5.75 Å². The molecule has 1 amide bonds. The Kier molecular flexibility index (Phi) is 5.06. The molecule has 0 heterocycles. The molecule has 0 spiro atoms. The predicted molar refractivity (Wildman–Crippen MR) is 88.9 cm³/mol. The van der Waals surface area contributed by atoms with E-state index in [1.165, 1.54) is 0 Å². The number of hydrogen-bond donors (Lipinski definition) is 2. The van der Waals surface area contributed by atoms with E-state index in [0.717, 1.165) is 19.3 Å². The molecule has 4 nitrogen and oxygen atoms in total. The van der Waals surface area contributed by atoms with Crippen molar-refractivity contribution in [1.29, 1.82) is 0 Å². The predicted octanol–water partition coefficient (Wildman–Crippen LogP) is 3.52. The topological polar surface area (TPSA) is 64.3 Å². The zero-order chi connectivity index (χ0) is 15.5. The average Bonchev–Trinajstić information content (AvgIpc) is 2.48. The summed E-state index contributed by atoms with van der Waals surface area (Å²) < 4.78 is 5.09. The van der Waals surface area contributed by atoms with Crippen molar-refractivity contribution in [3.8, 4) is 5.75 Å². The van der Waals surface area contributed by atoms with E-state index in [4.69, 9.17) is 34.3 Å². The lowest BCUT2D eigenvalue weighted by Crippen LogP contribution is -2.47. The zero-order valence-electron chi connectivity index (χ0n) is 11.9. The van der Waals surface area contributed by atoms with Crippen LogP contribution in [0.15, 0.2) is 18.2 Å². The minimum Gasteiger partial charge on any atom is -0.495 e. The number of hydrogen-bond acceptors (Lipinski definition) is 3. The van der Waals surface area contributed by atoms with Crippen molar-refractivity contribution in [1.82, 2.24) is 0 Å². The summed E-state index contributed by atoms with van der Waals surface area (Å²) in [6.07, 6.45) is 4.46. The summed E-state index contributed by atoms with van der Waals surface area (Å²) in [6.45, 7) is 0. The van der Waals surface area contributed by atoms with Crippen molar-refractivity contribution in [2.45, 2.75) is 32.1 Å². The van der Waals surface area contributed by atoms with Gasteiger partial charge in [0.25, 0.3) is 0 Å². The number of carbonyl (C=O) groups excluding carboxylic acids is 1. The number of anilines is 1. The number of nitrogens with one attached hydrogen (secondary N) is 1. The van der Waals surface area contributed by atoms with Crippen molar-refractivity contribution < 1.29 is 9.53 Å². The first-order valence-electron chi connectivity index (χ1n) is 6.94. The number of thiocarbonyl (C=S) groups is 1. The Morgan fingerprint density at radius 2 is 2.05 bits per heavy atom. The molecule has 1 aliphatic carbocycles. The molecule has 2 rings (SSSR count). The molecule has 0 aliphatic heterocycles. The van der Waals surface area contributed by atoms with Gasteiger partial charge in [0.15, 0.2) is 0 Å². The van der Waals surface area contributed by atoms with Gasteiger partial charge in [0.05, 0.1) is 22.5 Å². The summed E-state index contributed by atoms with van der Waals surface area (Å²) in [5.74, 6) is 0.423. The second-order valence-electron chi connectivity index (χ2n) is 5.31. The Morgan fingerprint density at radius 3 is 2.57 bits per heavy atom. The smallest absolute Gasteiger partial charge is 0.237 e. The largest absolute Gasteiger partial charge is 0.495 e. The van der Waals surface area contributed by atoms with Gasteiger partial charge in [-0.3, -0.25) is 4.79 Å². The summed E-state index contributed by atoms with van der Waals surface area (Å²) in [6, 6.07) is 5.12. The van der Waals surface area contributed by atoms with Gasteiger partial charge in [0, 0.05) is 5.69 Å². The van der Waals surface area contributed by atoms with Gasteiger partial charge in [0.2, 0.25) is 5.91 Å². The summed E-state index contributed by atoms with van der Waals surface area (Å²) in [5.41, 5.74) is 5.74. The summed E-state index contributed by atoms with van der Waals surface area (Å²) >= 11 is 11.2. The Labute approximate surface area is 135 Å². The van der Waals surface area contributed by atoms with E-state index in [2.05, 4.69) is 5.32 Å². The van der Waals surface area contributed by atoms with Crippen LogP contribution >= 0.6 is 23.8 Å². The third-order valence-electron chi connectivity index (χ3n) is 4.02. The highest BCUT2D eigenvalue weighted by Crippen LogP contribution is 2.38. The second kappa shape index (κ2) is 6.62. The molecule has 3 N–H and O–H groups in total. The van der Waals surface area contributed by atoms with Gasteiger partial charge in [-0.15, -0.1) is 0 Å². The minimum absolute atomic E-state index is 0.143. The molecule has 0 bridgehead atoms. The number of nitrogens with two attached hydrogens (primary N) is 1. The first-order chi connectivity index (χ1) is 9.99. The van der Waals surface area contributed by atoms with Crippen molar-refractivity contribution in [3.63, 3.8) is 0 Å². The molecule has 0 unspecified atom stereocenters. The molecule has 0 atom stereocenters. The first-order valence-corrected chi connectivity index (χ1v) is 7.73. The maximum absolute atomic E-state index is 12.6. The zero-order valence-corrected chi connectivity index (χ0v) is 13.5. The molecule has 6 heteroatoms. The SMILES string of the molecule is COc1ccc(NC(=O)C2(C(N)=S)CCCCC2)cc1Cl. The Hall–Kier alpha value is -1.33. The van der Waals surface area contributed by atoms with Crippen LogP contribution in [0.25, 0.3) is 0 Å². The average molecular weight is 327 g/mol. The van der Waals surface area contributed by atoms with Crippen LogP contribution in [0.3, 0.4) is 0 Å². The van der Waals surface area contributed by atoms with Crippen molar-refractivity contribution >= 4 is 40.4 Å². The molecule has 0 saturated heterocycles. The third-order valence-corrected chi connectivity index (χ3v) is 4.71. The molecule has 21 heavy (non-hydrogen) atoms. The fourth-order valence-electron chi connectivity index (χ4n) is 2.74. The van der Waals surface area contributed by atoms with Crippen LogP contribution in [0.2, 0.25) is 5.02 Å². The van der Waals surface area contributed by atoms with Crippen LogP contribution in [0.5, 0.6) is 5.75 Å². The molecule has 1 saturated carbocycles. The molecule has 1 aliphatic rings. The molecule has 0 aromatic heterocycles. The Balaban J connectivity index is 2.19. The van der Waals surface area contributed by atoms with Gasteiger partial charge < -0.3 is 15.8 Å². The van der Waals surface area contributed by atoms with Gasteiger partial charge in [-0.25, -0.2) is 0 Å². The fourth-order valence-corrected chi connectivity index (χ4v) is 3.29. The molecular weight excluding hydrogens is 308 g/mol. The number of benzene rings is 1. The Morgan fingerprint density at radius 1 is 1.38 bits per heavy atom. The van der Waals surface area contributed by atoms with Crippen molar-refractivity contribution in [2.75, 3.05) is 12.4 Å². The number of rotatable bonds is 4. The van der Waals surface area contributed by atoms with Crippen LogP contribution in [-0.4, -0.2) is 18.0 Å². The van der Waals surface area contributed by atoms with E-state index in [1.54, 1.807) is 25.3 Å². The number of amides is 1. The van der Waals surface area contributed by atoms with E-state index < -0.39 is 5.41 Å². The highest BCUT2D eigenvalue weighted by atomic mass is 35.5. The lowest BCUT2D eigenvalue weighted by molar-refractivity contribution is -0.123. The van der Waals surface area contributed by atoms with Crippen LogP contribution in [-0.2, 0) is 4.79 Å². The molecular formula is C15H19ClN2O2S. The number of ether oxygens (including phenoxy) is 1. The second-order valence-corrected chi connectivity index (χ2v) is 6.16. The maximum atomic E-state index is 12.6. The minimum atomic E-state index is -0.736. The van der Waals surface area contributed by atoms with Crippen LogP contribution in [0.4, 0.5) is 5.69 Å². The highest BCUT2D eigenvalue weighted by molar-refractivity contribution is 7.80. The maximum Gasteiger partial charge on any atom is 0.237 e. The van der Waals surface area contributed by atoms with E-state index in [0.29, 0.717) is 29.3 Å². The molecule has 0 radical (unpaired) electrons. The molecule has 1 fully saturated rings. The number of carbonyl (C=O) groups is 1. The third kappa shape index (κ3) is 3.30. The highest BCUT2D eigenvalue weighted by Gasteiger charge is 2.42. The Bertz CT molecular complexity index is 557. The number of halogens is 1. The monoisotopic (exact) mass is 326 g/mol. The van der Waals surface area contributed by atoms with Crippen molar-refractivity contribution in [3.05, 3.63) is 23.2 Å². The lowest BCUT2D eigenvalue weighted by atomic mass is 9.73.